The monoisotopic (exact) mass is 407 g/mol. The number of hydrogen-bond donors (Lipinski definition) is 0. The van der Waals surface area contributed by atoms with Gasteiger partial charge < -0.3 is 14.0 Å². The first-order valence-corrected chi connectivity index (χ1v) is 9.78. The van der Waals surface area contributed by atoms with E-state index in [1.54, 1.807) is 17.9 Å². The largest absolute Gasteiger partial charge is 0.371 e. The van der Waals surface area contributed by atoms with Gasteiger partial charge in [0.15, 0.2) is 17.0 Å². The summed E-state index contributed by atoms with van der Waals surface area (Å²) in [6.45, 7) is 1.96. The van der Waals surface area contributed by atoms with E-state index >= 15 is 0 Å². The number of aryl methyl sites for hydroxylation is 1. The first kappa shape index (κ1) is 17.3. The summed E-state index contributed by atoms with van der Waals surface area (Å²) in [5.41, 5.74) is 1.70. The molecule has 0 amide bonds. The fraction of sp³-hybridized carbons (Fsp3) is 0.350. The molecule has 30 heavy (non-hydrogen) atoms. The molecule has 6 rings (SSSR count). The van der Waals surface area contributed by atoms with Crippen LogP contribution in [0.2, 0.25) is 0 Å². The van der Waals surface area contributed by atoms with E-state index in [4.69, 9.17) is 4.52 Å². The standard InChI is InChI=1S/C20H18FN7O2/c1-26-9-22-19-17(26)20(29)28(10-23-19)8-15-24-18(25-30-15)16-13-6-27(7-14(13)16)12-4-2-11(21)3-5-12/h2-5,9-10,13-14,16H,6-8H2,1H3/t13-,14+,16?. The Hall–Kier alpha value is -3.56. The highest BCUT2D eigenvalue weighted by molar-refractivity contribution is 5.68. The molecule has 9 nitrogen and oxygen atoms in total. The lowest BCUT2D eigenvalue weighted by Crippen LogP contribution is -2.23. The Morgan fingerprint density at radius 3 is 2.63 bits per heavy atom. The third-order valence-corrected chi connectivity index (χ3v) is 6.17. The molecule has 1 saturated heterocycles. The second-order valence-corrected chi connectivity index (χ2v) is 7.99. The second kappa shape index (κ2) is 6.22. The summed E-state index contributed by atoms with van der Waals surface area (Å²) in [7, 11) is 1.76. The minimum absolute atomic E-state index is 0.170. The number of anilines is 1. The Balaban J connectivity index is 1.16. The molecule has 0 N–H and O–H groups in total. The van der Waals surface area contributed by atoms with E-state index in [1.165, 1.54) is 23.0 Å². The van der Waals surface area contributed by atoms with Crippen molar-refractivity contribution in [2.75, 3.05) is 18.0 Å². The molecule has 4 aromatic rings. The van der Waals surface area contributed by atoms with Gasteiger partial charge in [-0.3, -0.25) is 9.36 Å². The van der Waals surface area contributed by atoms with Crippen molar-refractivity contribution in [2.24, 2.45) is 18.9 Å². The SMILES string of the molecule is Cn1cnc2ncn(Cc3nc(C4[C@H]5CN(c6ccc(F)cc6)C[C@@H]45)no3)c(=O)c21. The first-order valence-electron chi connectivity index (χ1n) is 9.78. The van der Waals surface area contributed by atoms with Crippen molar-refractivity contribution in [3.8, 4) is 0 Å². The topological polar surface area (TPSA) is 94.9 Å². The van der Waals surface area contributed by atoms with Crippen LogP contribution in [0, 0.1) is 17.7 Å². The summed E-state index contributed by atoms with van der Waals surface area (Å²) in [5, 5.41) is 4.16. The number of piperidine rings is 1. The molecular formula is C20H18FN7O2. The van der Waals surface area contributed by atoms with Gasteiger partial charge in [-0.15, -0.1) is 0 Å². The quantitative estimate of drug-likeness (QED) is 0.507. The third-order valence-electron chi connectivity index (χ3n) is 6.17. The van der Waals surface area contributed by atoms with Crippen molar-refractivity contribution in [1.29, 1.82) is 0 Å². The van der Waals surface area contributed by atoms with Crippen molar-refractivity contribution in [1.82, 2.24) is 29.2 Å². The van der Waals surface area contributed by atoms with Crippen LogP contribution in [0.3, 0.4) is 0 Å². The molecule has 2 aliphatic rings. The van der Waals surface area contributed by atoms with Gasteiger partial charge in [0.2, 0.25) is 5.89 Å². The average molecular weight is 407 g/mol. The molecule has 1 aromatic carbocycles. The van der Waals surface area contributed by atoms with Crippen molar-refractivity contribution in [3.63, 3.8) is 0 Å². The van der Waals surface area contributed by atoms with Crippen LogP contribution < -0.4 is 10.5 Å². The molecule has 0 spiro atoms. The van der Waals surface area contributed by atoms with Crippen LogP contribution >= 0.6 is 0 Å². The van der Waals surface area contributed by atoms with Crippen LogP contribution in [0.5, 0.6) is 0 Å². The number of nitrogens with zero attached hydrogens (tertiary/aromatic N) is 7. The van der Waals surface area contributed by atoms with Crippen molar-refractivity contribution in [2.45, 2.75) is 12.5 Å². The number of benzene rings is 1. The number of fused-ring (bicyclic) bond motifs is 2. The van der Waals surface area contributed by atoms with Gasteiger partial charge in [-0.2, -0.15) is 4.98 Å². The Labute approximate surface area is 169 Å². The summed E-state index contributed by atoms with van der Waals surface area (Å²) < 4.78 is 21.6. The minimum atomic E-state index is -0.225. The molecule has 1 unspecified atom stereocenters. The summed E-state index contributed by atoms with van der Waals surface area (Å²) in [5.74, 6) is 2.06. The lowest BCUT2D eigenvalue weighted by atomic mass is 10.2. The average Bonchev–Trinajstić information content (AvgIpc) is 3.16. The van der Waals surface area contributed by atoms with Crippen molar-refractivity contribution < 1.29 is 8.91 Å². The molecule has 1 aliphatic carbocycles. The Morgan fingerprint density at radius 2 is 1.87 bits per heavy atom. The first-order chi connectivity index (χ1) is 14.6. The van der Waals surface area contributed by atoms with E-state index in [0.717, 1.165) is 18.8 Å². The van der Waals surface area contributed by atoms with E-state index in [-0.39, 0.29) is 23.8 Å². The summed E-state index contributed by atoms with van der Waals surface area (Å²) in [6.07, 6.45) is 3.02. The van der Waals surface area contributed by atoms with E-state index in [9.17, 15) is 9.18 Å². The Bertz CT molecular complexity index is 1300. The highest BCUT2D eigenvalue weighted by Gasteiger charge is 2.58. The van der Waals surface area contributed by atoms with Crippen LogP contribution in [0.1, 0.15) is 17.6 Å². The number of rotatable bonds is 4. The smallest absolute Gasteiger partial charge is 0.280 e. The molecule has 3 aromatic heterocycles. The lowest BCUT2D eigenvalue weighted by molar-refractivity contribution is 0.363. The second-order valence-electron chi connectivity index (χ2n) is 7.99. The maximum Gasteiger partial charge on any atom is 0.280 e. The van der Waals surface area contributed by atoms with Gasteiger partial charge >= 0.3 is 0 Å². The molecule has 2 fully saturated rings. The van der Waals surface area contributed by atoms with E-state index in [1.807, 2.05) is 12.1 Å². The van der Waals surface area contributed by atoms with E-state index in [0.29, 0.717) is 34.7 Å². The molecule has 0 radical (unpaired) electrons. The Morgan fingerprint density at radius 1 is 1.13 bits per heavy atom. The highest BCUT2D eigenvalue weighted by atomic mass is 19.1. The third kappa shape index (κ3) is 2.63. The molecule has 10 heteroatoms. The summed E-state index contributed by atoms with van der Waals surface area (Å²) in [6, 6.07) is 6.60. The van der Waals surface area contributed by atoms with Crippen molar-refractivity contribution in [3.05, 3.63) is 64.8 Å². The zero-order valence-electron chi connectivity index (χ0n) is 16.1. The fourth-order valence-electron chi connectivity index (χ4n) is 4.57. The van der Waals surface area contributed by atoms with Gasteiger partial charge in [-0.05, 0) is 36.1 Å². The predicted molar refractivity (Wildman–Crippen MR) is 105 cm³/mol. The highest BCUT2D eigenvalue weighted by Crippen LogP contribution is 2.57. The van der Waals surface area contributed by atoms with Crippen LogP contribution in [-0.2, 0) is 13.6 Å². The zero-order valence-corrected chi connectivity index (χ0v) is 16.1. The van der Waals surface area contributed by atoms with Gasteiger partial charge in [0.25, 0.3) is 5.56 Å². The van der Waals surface area contributed by atoms with Gasteiger partial charge in [0.05, 0.1) is 6.33 Å². The maximum atomic E-state index is 13.1. The predicted octanol–water partition coefficient (Wildman–Crippen LogP) is 1.55. The molecule has 0 bridgehead atoms. The zero-order chi connectivity index (χ0) is 20.4. The minimum Gasteiger partial charge on any atom is -0.371 e. The molecule has 152 valence electrons. The van der Waals surface area contributed by atoms with Gasteiger partial charge in [-0.1, -0.05) is 5.16 Å². The molecule has 3 atom stereocenters. The molecule has 1 aliphatic heterocycles. The van der Waals surface area contributed by atoms with Gasteiger partial charge in [0, 0.05) is 31.7 Å². The number of imidazole rings is 1. The maximum absolute atomic E-state index is 13.1. The summed E-state index contributed by atoms with van der Waals surface area (Å²) in [4.78, 5) is 27.8. The van der Waals surface area contributed by atoms with Crippen LogP contribution in [0.4, 0.5) is 10.1 Å². The fourth-order valence-corrected chi connectivity index (χ4v) is 4.57. The van der Waals surface area contributed by atoms with E-state index in [2.05, 4.69) is 25.0 Å². The van der Waals surface area contributed by atoms with Crippen molar-refractivity contribution >= 4 is 16.9 Å². The molecule has 4 heterocycles. The van der Waals surface area contributed by atoms with Gasteiger partial charge in [0.1, 0.15) is 18.7 Å². The normalized spacial score (nSPS) is 22.6. The van der Waals surface area contributed by atoms with E-state index < -0.39 is 0 Å². The molecular weight excluding hydrogens is 389 g/mol. The number of hydrogen-bond acceptors (Lipinski definition) is 7. The Kier molecular flexibility index (Phi) is 3.59. The number of halogens is 1. The van der Waals surface area contributed by atoms with Crippen LogP contribution in [0.15, 0.2) is 46.2 Å². The van der Waals surface area contributed by atoms with Crippen LogP contribution in [0.25, 0.3) is 11.2 Å². The molecule has 1 saturated carbocycles. The van der Waals surface area contributed by atoms with Gasteiger partial charge in [-0.25, -0.2) is 14.4 Å². The lowest BCUT2D eigenvalue weighted by Gasteiger charge is -2.21. The van der Waals surface area contributed by atoms with Crippen LogP contribution in [-0.4, -0.2) is 42.3 Å². The summed E-state index contributed by atoms with van der Waals surface area (Å²) >= 11 is 0. The number of aromatic nitrogens is 6.